The SMILES string of the molecule is CCCNc1ccc(C(=O)N2CC(C)OCC2C)cn1. The van der Waals surface area contributed by atoms with Crippen molar-refractivity contribution in [2.24, 2.45) is 0 Å². The first-order valence-electron chi connectivity index (χ1n) is 7.24. The lowest BCUT2D eigenvalue weighted by atomic mass is 10.1. The molecule has 1 aromatic heterocycles. The summed E-state index contributed by atoms with van der Waals surface area (Å²) < 4.78 is 5.55. The van der Waals surface area contributed by atoms with E-state index >= 15 is 0 Å². The van der Waals surface area contributed by atoms with Crippen LogP contribution < -0.4 is 5.32 Å². The standard InChI is InChI=1S/C15H23N3O2/c1-4-7-16-14-6-5-13(8-17-14)15(19)18-9-12(3)20-10-11(18)2/h5-6,8,11-12H,4,7,9-10H2,1-3H3,(H,16,17). The second-order valence-electron chi connectivity index (χ2n) is 5.31. The lowest BCUT2D eigenvalue weighted by Crippen LogP contribution is -2.50. The fourth-order valence-corrected chi connectivity index (χ4v) is 2.23. The molecule has 1 amide bonds. The Balaban J connectivity index is 2.04. The lowest BCUT2D eigenvalue weighted by molar-refractivity contribution is -0.0387. The third-order valence-electron chi connectivity index (χ3n) is 3.44. The number of nitrogens with zero attached hydrogens (tertiary/aromatic N) is 2. The van der Waals surface area contributed by atoms with Gasteiger partial charge in [-0.15, -0.1) is 0 Å². The molecular weight excluding hydrogens is 254 g/mol. The molecule has 110 valence electrons. The highest BCUT2D eigenvalue weighted by atomic mass is 16.5. The van der Waals surface area contributed by atoms with Gasteiger partial charge in [-0.05, 0) is 32.4 Å². The van der Waals surface area contributed by atoms with Gasteiger partial charge in [0.15, 0.2) is 0 Å². The first-order chi connectivity index (χ1) is 9.61. The van der Waals surface area contributed by atoms with E-state index in [9.17, 15) is 4.79 Å². The summed E-state index contributed by atoms with van der Waals surface area (Å²) in [4.78, 5) is 18.6. The normalized spacial score (nSPS) is 22.6. The molecule has 0 bridgehead atoms. The highest BCUT2D eigenvalue weighted by molar-refractivity contribution is 5.94. The topological polar surface area (TPSA) is 54.5 Å². The number of pyridine rings is 1. The van der Waals surface area contributed by atoms with Crippen molar-refractivity contribution in [3.05, 3.63) is 23.9 Å². The van der Waals surface area contributed by atoms with Crippen LogP contribution in [0.5, 0.6) is 0 Å². The number of anilines is 1. The van der Waals surface area contributed by atoms with Crippen LogP contribution >= 0.6 is 0 Å². The Hall–Kier alpha value is -1.62. The molecule has 2 rings (SSSR count). The molecule has 0 aliphatic carbocycles. The maximum atomic E-state index is 12.5. The number of hydrogen-bond acceptors (Lipinski definition) is 4. The molecule has 1 fully saturated rings. The van der Waals surface area contributed by atoms with Crippen LogP contribution in [0.3, 0.4) is 0 Å². The molecule has 2 heterocycles. The molecular formula is C15H23N3O2. The molecule has 20 heavy (non-hydrogen) atoms. The molecule has 5 heteroatoms. The monoisotopic (exact) mass is 277 g/mol. The molecule has 1 N–H and O–H groups in total. The average Bonchev–Trinajstić information content (AvgIpc) is 2.47. The third kappa shape index (κ3) is 3.48. The minimum atomic E-state index is 0.0298. The minimum absolute atomic E-state index is 0.0298. The Morgan fingerprint density at radius 2 is 2.30 bits per heavy atom. The Morgan fingerprint density at radius 3 is 2.95 bits per heavy atom. The summed E-state index contributed by atoms with van der Waals surface area (Å²) in [6.07, 6.45) is 2.78. The van der Waals surface area contributed by atoms with Crippen molar-refractivity contribution in [2.45, 2.75) is 39.3 Å². The summed E-state index contributed by atoms with van der Waals surface area (Å²) in [7, 11) is 0. The van der Waals surface area contributed by atoms with Crippen molar-refractivity contribution in [1.82, 2.24) is 9.88 Å². The Bertz CT molecular complexity index is 447. The molecule has 0 aromatic carbocycles. The van der Waals surface area contributed by atoms with Gasteiger partial charge in [-0.25, -0.2) is 4.98 Å². The second-order valence-corrected chi connectivity index (χ2v) is 5.31. The zero-order chi connectivity index (χ0) is 14.5. The number of rotatable bonds is 4. The fourth-order valence-electron chi connectivity index (χ4n) is 2.23. The first-order valence-corrected chi connectivity index (χ1v) is 7.24. The van der Waals surface area contributed by atoms with Gasteiger partial charge >= 0.3 is 0 Å². The number of aromatic nitrogens is 1. The number of ether oxygens (including phenoxy) is 1. The van der Waals surface area contributed by atoms with Crippen LogP contribution in [0.2, 0.25) is 0 Å². The zero-order valence-corrected chi connectivity index (χ0v) is 12.4. The highest BCUT2D eigenvalue weighted by Crippen LogP contribution is 2.16. The molecule has 0 radical (unpaired) electrons. The number of carbonyl (C=O) groups excluding carboxylic acids is 1. The molecule has 2 atom stereocenters. The summed E-state index contributed by atoms with van der Waals surface area (Å²) in [5, 5.41) is 3.20. The summed E-state index contributed by atoms with van der Waals surface area (Å²) in [6, 6.07) is 3.80. The van der Waals surface area contributed by atoms with E-state index in [4.69, 9.17) is 4.74 Å². The lowest BCUT2D eigenvalue weighted by Gasteiger charge is -2.36. The van der Waals surface area contributed by atoms with Gasteiger partial charge in [-0.3, -0.25) is 4.79 Å². The fraction of sp³-hybridized carbons (Fsp3) is 0.600. The highest BCUT2D eigenvalue weighted by Gasteiger charge is 2.28. The van der Waals surface area contributed by atoms with Gasteiger partial charge in [0.2, 0.25) is 0 Å². The smallest absolute Gasteiger partial charge is 0.255 e. The number of morpholine rings is 1. The number of hydrogen-bond donors (Lipinski definition) is 1. The van der Waals surface area contributed by atoms with E-state index in [0.717, 1.165) is 18.8 Å². The van der Waals surface area contributed by atoms with E-state index in [2.05, 4.69) is 17.2 Å². The molecule has 1 aromatic rings. The van der Waals surface area contributed by atoms with E-state index in [0.29, 0.717) is 18.7 Å². The maximum Gasteiger partial charge on any atom is 0.255 e. The molecule has 1 aliphatic heterocycles. The van der Waals surface area contributed by atoms with Crippen LogP contribution in [0.15, 0.2) is 18.3 Å². The largest absolute Gasteiger partial charge is 0.375 e. The molecule has 0 saturated carbocycles. The minimum Gasteiger partial charge on any atom is -0.375 e. The van der Waals surface area contributed by atoms with Crippen LogP contribution in [-0.2, 0) is 4.74 Å². The van der Waals surface area contributed by atoms with Crippen LogP contribution in [0, 0.1) is 0 Å². The molecule has 2 unspecified atom stereocenters. The van der Waals surface area contributed by atoms with Crippen LogP contribution in [-0.4, -0.2) is 47.6 Å². The van der Waals surface area contributed by atoms with E-state index in [1.165, 1.54) is 0 Å². The zero-order valence-electron chi connectivity index (χ0n) is 12.4. The molecule has 1 saturated heterocycles. The Kier molecular flexibility index (Phi) is 4.95. The predicted molar refractivity (Wildman–Crippen MR) is 78.9 cm³/mol. The van der Waals surface area contributed by atoms with E-state index in [-0.39, 0.29) is 18.1 Å². The Morgan fingerprint density at radius 1 is 1.50 bits per heavy atom. The summed E-state index contributed by atoms with van der Waals surface area (Å²) in [5.74, 6) is 0.842. The van der Waals surface area contributed by atoms with E-state index in [1.807, 2.05) is 30.9 Å². The van der Waals surface area contributed by atoms with Gasteiger partial charge in [-0.1, -0.05) is 6.92 Å². The maximum absolute atomic E-state index is 12.5. The quantitative estimate of drug-likeness (QED) is 0.916. The summed E-state index contributed by atoms with van der Waals surface area (Å²) >= 11 is 0. The van der Waals surface area contributed by atoms with Crippen molar-refractivity contribution < 1.29 is 9.53 Å². The number of amides is 1. The summed E-state index contributed by atoms with van der Waals surface area (Å²) in [5.41, 5.74) is 0.632. The van der Waals surface area contributed by atoms with Crippen molar-refractivity contribution >= 4 is 11.7 Å². The molecule has 0 spiro atoms. The first kappa shape index (κ1) is 14.8. The third-order valence-corrected chi connectivity index (χ3v) is 3.44. The van der Waals surface area contributed by atoms with E-state index < -0.39 is 0 Å². The average molecular weight is 277 g/mol. The predicted octanol–water partition coefficient (Wildman–Crippen LogP) is 2.15. The van der Waals surface area contributed by atoms with Gasteiger partial charge < -0.3 is 15.0 Å². The van der Waals surface area contributed by atoms with E-state index in [1.54, 1.807) is 6.20 Å². The van der Waals surface area contributed by atoms with Gasteiger partial charge in [0, 0.05) is 19.3 Å². The van der Waals surface area contributed by atoms with Gasteiger partial charge in [0.25, 0.3) is 5.91 Å². The second kappa shape index (κ2) is 6.70. The van der Waals surface area contributed by atoms with Crippen molar-refractivity contribution in [3.63, 3.8) is 0 Å². The van der Waals surface area contributed by atoms with Crippen LogP contribution in [0.4, 0.5) is 5.82 Å². The van der Waals surface area contributed by atoms with Gasteiger partial charge in [0.05, 0.1) is 24.3 Å². The summed E-state index contributed by atoms with van der Waals surface area (Å²) in [6.45, 7) is 8.22. The Labute approximate surface area is 120 Å². The van der Waals surface area contributed by atoms with Crippen LogP contribution in [0.1, 0.15) is 37.6 Å². The van der Waals surface area contributed by atoms with Gasteiger partial charge in [-0.2, -0.15) is 0 Å². The van der Waals surface area contributed by atoms with Crippen molar-refractivity contribution in [2.75, 3.05) is 25.0 Å². The molecule has 5 nitrogen and oxygen atoms in total. The van der Waals surface area contributed by atoms with Crippen LogP contribution in [0.25, 0.3) is 0 Å². The van der Waals surface area contributed by atoms with Crippen molar-refractivity contribution in [3.8, 4) is 0 Å². The molecule has 1 aliphatic rings. The number of nitrogens with one attached hydrogen (secondary N) is 1. The number of carbonyl (C=O) groups is 1. The van der Waals surface area contributed by atoms with Gasteiger partial charge in [0.1, 0.15) is 5.82 Å². The van der Waals surface area contributed by atoms with Crippen molar-refractivity contribution in [1.29, 1.82) is 0 Å².